The van der Waals surface area contributed by atoms with Crippen molar-refractivity contribution >= 4 is 11.7 Å². The molecule has 0 spiro atoms. The number of para-hydroxylation sites is 1. The number of rotatable bonds is 2. The predicted octanol–water partition coefficient (Wildman–Crippen LogP) is 3.13. The number of nitriles is 1. The normalized spacial score (nSPS) is 13.8. The maximum atomic E-state index is 12.5. The van der Waals surface area contributed by atoms with E-state index in [1.54, 1.807) is 22.9 Å². The highest BCUT2D eigenvalue weighted by Crippen LogP contribution is 2.29. The number of carbonyl (C=O) groups excluding carboxylic acids is 1. The summed E-state index contributed by atoms with van der Waals surface area (Å²) in [6.07, 6.45) is 0. The number of amides is 2. The fraction of sp³-hybridized carbons (Fsp3) is 0.176. The molecule has 2 aromatic rings. The van der Waals surface area contributed by atoms with E-state index in [0.717, 1.165) is 16.8 Å². The molecule has 0 aromatic heterocycles. The summed E-state index contributed by atoms with van der Waals surface area (Å²) in [4.78, 5) is 15.9. The highest BCUT2D eigenvalue weighted by Gasteiger charge is 2.28. The second-order valence-electron chi connectivity index (χ2n) is 5.12. The monoisotopic (exact) mass is 277 g/mol. The largest absolute Gasteiger partial charge is 0.324 e. The van der Waals surface area contributed by atoms with E-state index < -0.39 is 0 Å². The van der Waals surface area contributed by atoms with Crippen molar-refractivity contribution in [2.75, 3.05) is 11.9 Å². The molecule has 0 saturated heterocycles. The van der Waals surface area contributed by atoms with Gasteiger partial charge in [-0.25, -0.2) is 4.79 Å². The van der Waals surface area contributed by atoms with E-state index in [2.05, 4.69) is 6.07 Å². The van der Waals surface area contributed by atoms with Gasteiger partial charge in [0, 0.05) is 13.6 Å². The predicted molar refractivity (Wildman–Crippen MR) is 80.6 cm³/mol. The molecule has 4 nitrogen and oxygen atoms in total. The van der Waals surface area contributed by atoms with Crippen LogP contribution in [0.2, 0.25) is 0 Å². The molecule has 0 saturated carbocycles. The highest BCUT2D eigenvalue weighted by atomic mass is 16.2. The van der Waals surface area contributed by atoms with Gasteiger partial charge in [-0.15, -0.1) is 0 Å². The van der Waals surface area contributed by atoms with E-state index in [4.69, 9.17) is 0 Å². The van der Waals surface area contributed by atoms with Crippen LogP contribution in [0.3, 0.4) is 0 Å². The molecular formula is C17H15N3O. The molecule has 2 amide bonds. The van der Waals surface area contributed by atoms with Crippen LogP contribution in [0.15, 0.2) is 48.5 Å². The molecule has 3 rings (SSSR count). The minimum atomic E-state index is -0.0403. The number of hydrogen-bond acceptors (Lipinski definition) is 2. The second-order valence-corrected chi connectivity index (χ2v) is 5.12. The summed E-state index contributed by atoms with van der Waals surface area (Å²) in [5.74, 6) is 0. The van der Waals surface area contributed by atoms with Gasteiger partial charge in [0.2, 0.25) is 0 Å². The van der Waals surface area contributed by atoms with E-state index in [-0.39, 0.29) is 6.03 Å². The SMILES string of the molecule is CN1Cc2ccccc2N(Cc2ccccc2C#N)C1=O. The van der Waals surface area contributed by atoms with Gasteiger partial charge in [-0.3, -0.25) is 4.90 Å². The lowest BCUT2D eigenvalue weighted by atomic mass is 10.1. The van der Waals surface area contributed by atoms with Gasteiger partial charge in [0.05, 0.1) is 23.9 Å². The summed E-state index contributed by atoms with van der Waals surface area (Å²) in [5, 5.41) is 9.20. The Hall–Kier alpha value is -2.80. The number of urea groups is 1. The lowest BCUT2D eigenvalue weighted by Crippen LogP contribution is -2.44. The van der Waals surface area contributed by atoms with Crippen molar-refractivity contribution in [2.45, 2.75) is 13.1 Å². The molecule has 1 aliphatic rings. The minimum absolute atomic E-state index is 0.0403. The Labute approximate surface area is 123 Å². The fourth-order valence-corrected chi connectivity index (χ4v) is 2.63. The number of hydrogen-bond donors (Lipinski definition) is 0. The molecule has 0 unspecified atom stereocenters. The van der Waals surface area contributed by atoms with Crippen LogP contribution < -0.4 is 4.90 Å². The average Bonchev–Trinajstić information content (AvgIpc) is 2.52. The van der Waals surface area contributed by atoms with Crippen molar-refractivity contribution in [3.8, 4) is 6.07 Å². The summed E-state index contributed by atoms with van der Waals surface area (Å²) < 4.78 is 0. The zero-order valence-electron chi connectivity index (χ0n) is 11.8. The van der Waals surface area contributed by atoms with Crippen molar-refractivity contribution < 1.29 is 4.79 Å². The first-order valence-corrected chi connectivity index (χ1v) is 6.79. The molecule has 0 N–H and O–H groups in total. The molecule has 0 radical (unpaired) electrons. The van der Waals surface area contributed by atoms with Crippen LogP contribution in [-0.2, 0) is 13.1 Å². The summed E-state index contributed by atoms with van der Waals surface area (Å²) >= 11 is 0. The van der Waals surface area contributed by atoms with Crippen molar-refractivity contribution in [2.24, 2.45) is 0 Å². The fourth-order valence-electron chi connectivity index (χ4n) is 2.63. The van der Waals surface area contributed by atoms with E-state index in [1.165, 1.54) is 0 Å². The molecule has 0 atom stereocenters. The van der Waals surface area contributed by atoms with Crippen LogP contribution >= 0.6 is 0 Å². The van der Waals surface area contributed by atoms with Gasteiger partial charge in [0.25, 0.3) is 0 Å². The van der Waals surface area contributed by atoms with Gasteiger partial charge in [0.15, 0.2) is 0 Å². The number of anilines is 1. The minimum Gasteiger partial charge on any atom is -0.323 e. The molecule has 0 fully saturated rings. The number of fused-ring (bicyclic) bond motifs is 1. The molecule has 1 heterocycles. The number of carbonyl (C=O) groups is 1. The third-order valence-electron chi connectivity index (χ3n) is 3.71. The van der Waals surface area contributed by atoms with E-state index in [0.29, 0.717) is 18.7 Å². The van der Waals surface area contributed by atoms with Crippen LogP contribution in [0.25, 0.3) is 0 Å². The highest BCUT2D eigenvalue weighted by molar-refractivity contribution is 5.94. The maximum Gasteiger partial charge on any atom is 0.324 e. The van der Waals surface area contributed by atoms with Crippen LogP contribution in [0.4, 0.5) is 10.5 Å². The first-order chi connectivity index (χ1) is 10.2. The zero-order chi connectivity index (χ0) is 14.8. The van der Waals surface area contributed by atoms with E-state index >= 15 is 0 Å². The van der Waals surface area contributed by atoms with Crippen LogP contribution in [0, 0.1) is 11.3 Å². The summed E-state index contributed by atoms with van der Waals surface area (Å²) in [6, 6.07) is 17.4. The standard InChI is InChI=1S/C17H15N3O/c1-19-11-15-8-4-5-9-16(15)20(17(19)21)12-14-7-3-2-6-13(14)10-18/h2-9H,11-12H2,1H3. The zero-order valence-corrected chi connectivity index (χ0v) is 11.8. The molecule has 1 aliphatic heterocycles. The lowest BCUT2D eigenvalue weighted by Gasteiger charge is -2.35. The third kappa shape index (κ3) is 2.34. The third-order valence-corrected chi connectivity index (χ3v) is 3.71. The van der Waals surface area contributed by atoms with Crippen molar-refractivity contribution in [3.63, 3.8) is 0 Å². The lowest BCUT2D eigenvalue weighted by molar-refractivity contribution is 0.210. The Morgan fingerprint density at radius 3 is 2.67 bits per heavy atom. The Kier molecular flexibility index (Phi) is 3.33. The van der Waals surface area contributed by atoms with Crippen LogP contribution in [0.5, 0.6) is 0 Å². The summed E-state index contributed by atoms with van der Waals surface area (Å²) in [5.41, 5.74) is 3.51. The summed E-state index contributed by atoms with van der Waals surface area (Å²) in [7, 11) is 1.79. The van der Waals surface area contributed by atoms with Gasteiger partial charge < -0.3 is 4.90 Å². The van der Waals surface area contributed by atoms with Crippen molar-refractivity contribution in [1.82, 2.24) is 4.90 Å². The van der Waals surface area contributed by atoms with Crippen LogP contribution in [0.1, 0.15) is 16.7 Å². The number of benzene rings is 2. The second kappa shape index (κ2) is 5.29. The van der Waals surface area contributed by atoms with Gasteiger partial charge in [0.1, 0.15) is 0 Å². The first-order valence-electron chi connectivity index (χ1n) is 6.79. The Morgan fingerprint density at radius 1 is 1.14 bits per heavy atom. The maximum absolute atomic E-state index is 12.5. The quantitative estimate of drug-likeness (QED) is 0.846. The molecule has 0 aliphatic carbocycles. The average molecular weight is 277 g/mol. The van der Waals surface area contributed by atoms with Gasteiger partial charge in [-0.1, -0.05) is 36.4 Å². The van der Waals surface area contributed by atoms with Gasteiger partial charge >= 0.3 is 6.03 Å². The van der Waals surface area contributed by atoms with Crippen molar-refractivity contribution in [1.29, 1.82) is 5.26 Å². The Morgan fingerprint density at radius 2 is 1.86 bits per heavy atom. The molecule has 4 heteroatoms. The van der Waals surface area contributed by atoms with Gasteiger partial charge in [-0.05, 0) is 23.3 Å². The Balaban J connectivity index is 2.01. The molecule has 0 bridgehead atoms. The Bertz CT molecular complexity index is 733. The topological polar surface area (TPSA) is 47.3 Å². The first kappa shape index (κ1) is 13.2. The molecular weight excluding hydrogens is 262 g/mol. The molecule has 2 aromatic carbocycles. The summed E-state index contributed by atoms with van der Waals surface area (Å²) in [6.45, 7) is 1.02. The van der Waals surface area contributed by atoms with E-state index in [9.17, 15) is 10.1 Å². The molecule has 104 valence electrons. The van der Waals surface area contributed by atoms with Gasteiger partial charge in [-0.2, -0.15) is 5.26 Å². The van der Waals surface area contributed by atoms with E-state index in [1.807, 2.05) is 42.5 Å². The van der Waals surface area contributed by atoms with Crippen LogP contribution in [-0.4, -0.2) is 18.0 Å². The smallest absolute Gasteiger partial charge is 0.323 e. The number of nitrogens with zero attached hydrogens (tertiary/aromatic N) is 3. The van der Waals surface area contributed by atoms with Crippen molar-refractivity contribution in [3.05, 3.63) is 65.2 Å². The molecule has 21 heavy (non-hydrogen) atoms.